The second-order valence-electron chi connectivity index (χ2n) is 25.6. The Morgan fingerprint density at radius 1 is 0.447 bits per heavy atom. The number of ether oxygens (including phenoxy) is 1. The fourth-order valence-corrected chi connectivity index (χ4v) is 12.7. The molecule has 5 heterocycles. The average molecular weight is 1280 g/mol. The molecule has 0 radical (unpaired) electrons. The third-order valence-corrected chi connectivity index (χ3v) is 17.0. The zero-order valence-electron chi connectivity index (χ0n) is 49.1. The summed E-state index contributed by atoms with van der Waals surface area (Å²) in [5.41, 5.74) is 22.2. The Bertz CT molecular complexity index is 5000. The number of rotatable bonds is 6. The maximum Gasteiger partial charge on any atom is 0.268 e. The van der Waals surface area contributed by atoms with E-state index in [9.17, 15) is 0 Å². The van der Waals surface area contributed by atoms with Gasteiger partial charge in [-0.1, -0.05) is 195 Å². The Hall–Kier alpha value is -9.09. The fraction of sp³-hybridized carbons (Fsp3) is 0.154. The topological polar surface area (TPSA) is 49.0 Å². The first-order valence-corrected chi connectivity index (χ1v) is 29.1. The molecule has 6 nitrogen and oxygen atoms in total. The number of fused-ring (bicyclic) bond motifs is 13. The fourth-order valence-electron chi connectivity index (χ4n) is 12.7. The van der Waals surface area contributed by atoms with Crippen molar-refractivity contribution in [2.75, 3.05) is 0 Å². The maximum atomic E-state index is 6.90. The molecule has 0 saturated carbocycles. The van der Waals surface area contributed by atoms with Crippen LogP contribution < -0.4 is 9.30 Å². The van der Waals surface area contributed by atoms with Crippen LogP contribution >= 0.6 is 0 Å². The summed E-state index contributed by atoms with van der Waals surface area (Å²) in [4.78, 5) is 4.93. The Morgan fingerprint density at radius 3 is 1.88 bits per heavy atom. The summed E-state index contributed by atoms with van der Waals surface area (Å²) in [6, 6.07) is 82.0. The predicted octanol–water partition coefficient (Wildman–Crippen LogP) is 20.0. The zero-order chi connectivity index (χ0) is 57.4. The van der Waals surface area contributed by atoms with E-state index >= 15 is 0 Å². The first-order chi connectivity index (χ1) is 40.5. The SMILES string of the molecule is CC(C)(C)c1ccc(-c2ccc3c(c2)-c2cccc(C(C)(C)C)c2-[n+]2[c-]n(-c4[c-]c(Oc5[c-]c6c(cc5)c5ccccc5n6-c5cc(C(C)(C)C)ccn5)ccc4)c4cc(-c5ccc6oc7ccccc7c6c5)cc(c42)-c2ccccc2-3)cc1.[Pt]. The van der Waals surface area contributed by atoms with Gasteiger partial charge in [0.2, 0.25) is 0 Å². The van der Waals surface area contributed by atoms with Crippen molar-refractivity contribution in [2.24, 2.45) is 0 Å². The second kappa shape index (κ2) is 20.0. The molecule has 4 aromatic heterocycles. The van der Waals surface area contributed by atoms with E-state index in [1.165, 1.54) is 27.8 Å². The van der Waals surface area contributed by atoms with Gasteiger partial charge in [-0.3, -0.25) is 4.57 Å². The van der Waals surface area contributed by atoms with Crippen LogP contribution in [0.25, 0.3) is 128 Å². The molecule has 1 aliphatic heterocycles. The van der Waals surface area contributed by atoms with E-state index in [4.69, 9.17) is 14.1 Å². The van der Waals surface area contributed by atoms with Gasteiger partial charge in [-0.25, -0.2) is 4.98 Å². The number of para-hydroxylation sites is 3. The molecule has 418 valence electrons. The minimum Gasteiger partial charge on any atom is -0.510 e. The zero-order valence-corrected chi connectivity index (χ0v) is 51.4. The van der Waals surface area contributed by atoms with Crippen molar-refractivity contribution in [3.63, 3.8) is 0 Å². The standard InChI is InChI=1S/C78H62N4O2.Pt/c1-76(2,3)52-32-28-48(29-33-52)49-30-35-59-57-20-10-11-21-58(57)66-42-51(50-31-37-72-65(41-50)62-23-13-15-27-71(62)84-72)43-70-75(66)81(74-63(64(59)40-49)24-17-25-67(74)78(7,8)9)47-80(70)54-18-16-19-55(45-54)83-56-34-36-61-60-22-12-14-26-68(60)82(69(61)46-56)73-44-53(38-39-79-73)77(4,5)6;/h10-44H,1-9H3;/q-2;. The van der Waals surface area contributed by atoms with Crippen LogP contribution in [0, 0.1) is 18.5 Å². The van der Waals surface area contributed by atoms with Crippen molar-refractivity contribution >= 4 is 54.8 Å². The molecule has 0 fully saturated rings. The molecule has 0 bridgehead atoms. The molecule has 14 aromatic rings. The number of hydrogen-bond acceptors (Lipinski definition) is 3. The van der Waals surface area contributed by atoms with Crippen LogP contribution in [0.5, 0.6) is 11.5 Å². The molecule has 15 rings (SSSR count). The smallest absolute Gasteiger partial charge is 0.268 e. The van der Waals surface area contributed by atoms with Gasteiger partial charge in [0.1, 0.15) is 17.0 Å². The molecule has 0 aliphatic carbocycles. The van der Waals surface area contributed by atoms with Crippen molar-refractivity contribution in [2.45, 2.75) is 78.6 Å². The molecular weight excluding hydrogens is 1220 g/mol. The number of hydrogen-bond donors (Lipinski definition) is 0. The van der Waals surface area contributed by atoms with E-state index < -0.39 is 0 Å². The van der Waals surface area contributed by atoms with E-state index in [1.807, 2.05) is 36.5 Å². The van der Waals surface area contributed by atoms with E-state index in [-0.39, 0.29) is 37.3 Å². The average Bonchev–Trinajstić information content (AvgIpc) is 1.94. The molecule has 1 aliphatic rings. The quantitative estimate of drug-likeness (QED) is 0.123. The summed E-state index contributed by atoms with van der Waals surface area (Å²) in [6.07, 6.45) is 5.96. The Labute approximate surface area is 510 Å². The number of aromatic nitrogens is 4. The van der Waals surface area contributed by atoms with Gasteiger partial charge in [0.25, 0.3) is 6.33 Å². The molecular formula is C78H62N4O2Pt-2. The van der Waals surface area contributed by atoms with Crippen LogP contribution in [0.1, 0.15) is 79.0 Å². The van der Waals surface area contributed by atoms with Crippen molar-refractivity contribution in [1.29, 1.82) is 0 Å². The van der Waals surface area contributed by atoms with Crippen LogP contribution in [0.15, 0.2) is 217 Å². The predicted molar refractivity (Wildman–Crippen MR) is 344 cm³/mol. The molecule has 10 aromatic carbocycles. The van der Waals surface area contributed by atoms with Gasteiger partial charge in [-0.15, -0.1) is 29.7 Å². The van der Waals surface area contributed by atoms with Gasteiger partial charge >= 0.3 is 0 Å². The summed E-state index contributed by atoms with van der Waals surface area (Å²) >= 11 is 0. The number of nitrogens with zero attached hydrogens (tertiary/aromatic N) is 4. The summed E-state index contributed by atoms with van der Waals surface area (Å²) < 4.78 is 20.0. The van der Waals surface area contributed by atoms with Crippen LogP contribution in [-0.2, 0) is 37.3 Å². The van der Waals surface area contributed by atoms with Gasteiger partial charge in [-0.2, -0.15) is 18.2 Å². The van der Waals surface area contributed by atoms with Crippen LogP contribution in [0.2, 0.25) is 0 Å². The molecule has 0 atom stereocenters. The first-order valence-electron chi connectivity index (χ1n) is 29.1. The van der Waals surface area contributed by atoms with Crippen LogP contribution in [-0.4, -0.2) is 14.1 Å². The minimum absolute atomic E-state index is 0. The molecule has 0 N–H and O–H groups in total. The Morgan fingerprint density at radius 2 is 1.09 bits per heavy atom. The van der Waals surface area contributed by atoms with E-state index in [1.54, 1.807) is 0 Å². The molecule has 7 heteroatoms. The monoisotopic (exact) mass is 1280 g/mol. The molecule has 0 unspecified atom stereocenters. The van der Waals surface area contributed by atoms with Crippen molar-refractivity contribution < 1.29 is 34.8 Å². The van der Waals surface area contributed by atoms with Crippen LogP contribution in [0.3, 0.4) is 0 Å². The number of imidazole rings is 1. The van der Waals surface area contributed by atoms with Gasteiger partial charge in [0.05, 0.1) is 16.7 Å². The van der Waals surface area contributed by atoms with Gasteiger partial charge < -0.3 is 18.3 Å². The molecule has 85 heavy (non-hydrogen) atoms. The number of pyridine rings is 1. The molecule has 0 saturated heterocycles. The molecule has 0 spiro atoms. The number of furan rings is 1. The third kappa shape index (κ3) is 9.12. The largest absolute Gasteiger partial charge is 0.510 e. The minimum atomic E-state index is -0.264. The second-order valence-corrected chi connectivity index (χ2v) is 25.6. The van der Waals surface area contributed by atoms with Crippen molar-refractivity contribution in [3.05, 3.63) is 248 Å². The summed E-state index contributed by atoms with van der Waals surface area (Å²) in [6.45, 7) is 20.5. The maximum absolute atomic E-state index is 6.90. The summed E-state index contributed by atoms with van der Waals surface area (Å²) in [5.74, 6) is 1.96. The summed E-state index contributed by atoms with van der Waals surface area (Å²) in [5, 5.41) is 4.36. The Kier molecular flexibility index (Phi) is 12.7. The Balaban J connectivity index is 0.00000640. The van der Waals surface area contributed by atoms with E-state index in [0.29, 0.717) is 11.5 Å². The van der Waals surface area contributed by atoms with Gasteiger partial charge in [0, 0.05) is 55.1 Å². The molecule has 0 amide bonds. The van der Waals surface area contributed by atoms with Crippen LogP contribution in [0.4, 0.5) is 0 Å². The first kappa shape index (κ1) is 53.9. The van der Waals surface area contributed by atoms with Crippen molar-refractivity contribution in [3.8, 4) is 84.3 Å². The van der Waals surface area contributed by atoms with Crippen molar-refractivity contribution in [1.82, 2.24) is 14.1 Å². The third-order valence-electron chi connectivity index (χ3n) is 17.0. The number of benzene rings is 10. The normalized spacial score (nSPS) is 12.4. The van der Waals surface area contributed by atoms with E-state index in [2.05, 4.69) is 270 Å². The van der Waals surface area contributed by atoms with Gasteiger partial charge in [0.15, 0.2) is 0 Å². The van der Waals surface area contributed by atoms with Gasteiger partial charge in [-0.05, 0) is 148 Å². The summed E-state index contributed by atoms with van der Waals surface area (Å²) in [7, 11) is 0. The van der Waals surface area contributed by atoms with E-state index in [0.717, 1.165) is 116 Å².